The van der Waals surface area contributed by atoms with E-state index in [1.165, 1.54) is 14.1 Å². The predicted octanol–water partition coefficient (Wildman–Crippen LogP) is 6.69. The molecule has 0 unspecified atom stereocenters. The zero-order valence-electron chi connectivity index (χ0n) is 42.0. The summed E-state index contributed by atoms with van der Waals surface area (Å²) < 4.78 is 66.5. The fourth-order valence-electron chi connectivity index (χ4n) is 10.5. The van der Waals surface area contributed by atoms with Gasteiger partial charge in [-0.05, 0) is 91.4 Å². The summed E-state index contributed by atoms with van der Waals surface area (Å²) in [7, 11) is 4.01. The third-order valence-corrected chi connectivity index (χ3v) is 13.9. The van der Waals surface area contributed by atoms with Crippen LogP contribution in [0.1, 0.15) is 108 Å². The van der Waals surface area contributed by atoms with Gasteiger partial charge >= 0.3 is 18.3 Å². The Morgan fingerprint density at radius 3 is 2.15 bits per heavy atom. The first-order valence-corrected chi connectivity index (χ1v) is 23.6. The number of nitrogens with zero attached hydrogens (tertiary/aromatic N) is 1. The molecule has 1 aromatic rings. The van der Waals surface area contributed by atoms with Crippen LogP contribution in [0.3, 0.4) is 0 Å². The van der Waals surface area contributed by atoms with E-state index in [0.29, 0.717) is 5.57 Å². The molecule has 5 rings (SSSR count). The second kappa shape index (κ2) is 21.7. The largest absolute Gasteiger partial charge is 0.633 e. The molecule has 2 N–H and O–H groups in total. The predicted molar refractivity (Wildman–Crippen MR) is 241 cm³/mol. The van der Waals surface area contributed by atoms with Crippen molar-refractivity contribution in [2.45, 2.75) is 200 Å². The Bertz CT molecular complexity index is 1850. The number of rotatable bonds is 10. The Morgan fingerprint density at radius 1 is 0.896 bits per heavy atom. The monoisotopic (exact) mass is 952 g/mol. The van der Waals surface area contributed by atoms with Crippen LogP contribution in [0.4, 0.5) is 9.59 Å². The molecule has 4 heterocycles. The average Bonchev–Trinajstić information content (AvgIpc) is 3.24. The molecule has 3 saturated heterocycles. The van der Waals surface area contributed by atoms with Gasteiger partial charge in [-0.2, -0.15) is 0 Å². The average molecular weight is 952 g/mol. The summed E-state index contributed by atoms with van der Waals surface area (Å²) in [4.78, 5) is 40.3. The highest BCUT2D eigenvalue weighted by Gasteiger charge is 2.57. The van der Waals surface area contributed by atoms with Crippen molar-refractivity contribution in [2.75, 3.05) is 21.2 Å². The molecule has 4 aliphatic rings. The van der Waals surface area contributed by atoms with Crippen LogP contribution in [0.25, 0.3) is 0 Å². The van der Waals surface area contributed by atoms with Crippen molar-refractivity contribution in [3.05, 3.63) is 52.8 Å². The van der Waals surface area contributed by atoms with E-state index in [2.05, 4.69) is 0 Å². The van der Waals surface area contributed by atoms with Crippen molar-refractivity contribution in [2.24, 2.45) is 23.7 Å². The van der Waals surface area contributed by atoms with Crippen LogP contribution in [0.2, 0.25) is 0 Å². The topological polar surface area (TPSA) is 216 Å². The molecule has 3 fully saturated rings. The van der Waals surface area contributed by atoms with Gasteiger partial charge in [-0.3, -0.25) is 4.79 Å². The third kappa shape index (κ3) is 13.1. The van der Waals surface area contributed by atoms with E-state index in [0.717, 1.165) is 12.7 Å². The van der Waals surface area contributed by atoms with Crippen LogP contribution in [0.5, 0.6) is 0 Å². The molecule has 0 radical (unpaired) electrons. The normalized spacial score (nSPS) is 40.9. The lowest BCUT2D eigenvalue weighted by Crippen LogP contribution is -2.65. The first-order valence-electron chi connectivity index (χ1n) is 23.6. The number of ether oxygens (including phenoxy) is 11. The maximum Gasteiger partial charge on any atom is 0.509 e. The van der Waals surface area contributed by atoms with Crippen molar-refractivity contribution in [3.8, 4) is 0 Å². The number of carbonyl (C=O) groups is 3. The minimum absolute atomic E-state index is 0.0109. The Balaban J connectivity index is 1.58. The maximum atomic E-state index is 14.7. The number of aliphatic hydroxyl groups is 2. The second-order valence-electron chi connectivity index (χ2n) is 20.6. The number of likely N-dealkylation sites (N-methyl/N-ethyl adjacent to an activating group) is 1. The fourth-order valence-corrected chi connectivity index (χ4v) is 10.5. The van der Waals surface area contributed by atoms with E-state index in [1.807, 2.05) is 44.2 Å². The molecule has 0 spiro atoms. The molecule has 67 heavy (non-hydrogen) atoms. The minimum Gasteiger partial charge on any atom is -0.633 e. The number of hydrogen-bond acceptors (Lipinski definition) is 17. The van der Waals surface area contributed by atoms with Crippen LogP contribution in [-0.2, 0) is 63.5 Å². The van der Waals surface area contributed by atoms with Crippen LogP contribution in [0, 0.1) is 28.9 Å². The molecule has 18 heteroatoms. The summed E-state index contributed by atoms with van der Waals surface area (Å²) in [6.45, 7) is 20.9. The van der Waals surface area contributed by atoms with E-state index in [4.69, 9.17) is 52.1 Å². The Labute approximate surface area is 395 Å². The van der Waals surface area contributed by atoms with Gasteiger partial charge in [0.1, 0.15) is 24.4 Å². The number of fused-ring (bicyclic) bond motifs is 2. The van der Waals surface area contributed by atoms with Gasteiger partial charge in [-0.15, -0.1) is 0 Å². The van der Waals surface area contributed by atoms with Crippen molar-refractivity contribution in [1.29, 1.82) is 0 Å². The van der Waals surface area contributed by atoms with E-state index in [1.54, 1.807) is 75.3 Å². The summed E-state index contributed by atoms with van der Waals surface area (Å²) >= 11 is 0. The van der Waals surface area contributed by atoms with Crippen LogP contribution >= 0.6 is 0 Å². The molecular weight excluding hydrogens is 875 g/mol. The molecule has 0 aromatic heterocycles. The number of hydrogen-bond donors (Lipinski definition) is 2. The molecule has 18 atom stereocenters. The molecule has 18 nitrogen and oxygen atoms in total. The standard InChI is InChI=1S/C49H77NO17/c1-16-35-49(12,55)42-29(5)37(66-47(9,10)67-42)27(3)24-48(11,54)41(65-44-40(64-45(52)57-15)34(50(13,14)56)23-28(4)59-44)30(6)39(31(7)43(51)61-35)62-36-22-26(2)38(32(8)60-36)63-46(53)58-25-33-20-18-17-19-21-33/h17-22,27-32,34-42,44,54-55H,16,23-25H2,1-15H3/t27-,28-,29+,30+,31-,32+,34+,35-,36+,37+,38-,39+,40-,41-,42-,44+,48-,49-/m1/s1. The van der Waals surface area contributed by atoms with Crippen LogP contribution < -0.4 is 0 Å². The summed E-state index contributed by atoms with van der Waals surface area (Å²) in [6.07, 6.45) is -10.8. The number of quaternary nitrogens is 1. The van der Waals surface area contributed by atoms with Gasteiger partial charge in [0.05, 0.1) is 69.3 Å². The smallest absolute Gasteiger partial charge is 0.509 e. The van der Waals surface area contributed by atoms with Crippen LogP contribution in [-0.4, -0.2) is 145 Å². The third-order valence-electron chi connectivity index (χ3n) is 13.9. The van der Waals surface area contributed by atoms with Crippen molar-refractivity contribution < 1.29 is 81.3 Å². The summed E-state index contributed by atoms with van der Waals surface area (Å²) in [5.74, 6) is -4.85. The number of esters is 1. The Morgan fingerprint density at radius 2 is 1.55 bits per heavy atom. The Kier molecular flexibility index (Phi) is 17.6. The molecule has 0 saturated carbocycles. The SMILES string of the molecule is CC[C@H]1OC(=O)[C@H](C)[C@@H](O[C@H]2C=C(C)[C@@H](OC(=O)OCc3ccccc3)[C@H](C)O2)[C@H](C)[C@@H](O[C@@H]2O[C@H](C)C[C@H]([N+](C)(C)[O-])[C@H]2OC(=O)OC)[C@](C)(O)C[C@@H](C)[C@@H]2OC(C)(C)O[C@H]([C@H]2C)[C@]1(C)O. The number of cyclic esters (lactones) is 1. The molecule has 380 valence electrons. The first-order chi connectivity index (χ1) is 31.1. The molecular formula is C49H77NO17. The first kappa shape index (κ1) is 54.5. The zero-order valence-corrected chi connectivity index (χ0v) is 42.0. The van der Waals surface area contributed by atoms with E-state index >= 15 is 0 Å². The van der Waals surface area contributed by atoms with Crippen molar-refractivity contribution in [1.82, 2.24) is 0 Å². The Hall–Kier alpha value is -3.43. The minimum atomic E-state index is -1.80. The van der Waals surface area contributed by atoms with Gasteiger partial charge in [0, 0.05) is 18.3 Å². The number of carbonyl (C=O) groups excluding carboxylic acids is 3. The van der Waals surface area contributed by atoms with Gasteiger partial charge in [0.2, 0.25) is 12.4 Å². The summed E-state index contributed by atoms with van der Waals surface area (Å²) in [5.41, 5.74) is -2.13. The molecule has 4 aliphatic heterocycles. The number of hydroxylamine groups is 3. The summed E-state index contributed by atoms with van der Waals surface area (Å²) in [6, 6.07) is 8.30. The van der Waals surface area contributed by atoms with E-state index in [-0.39, 0.29) is 25.9 Å². The highest BCUT2D eigenvalue weighted by molar-refractivity contribution is 5.73. The van der Waals surface area contributed by atoms with Crippen molar-refractivity contribution in [3.63, 3.8) is 0 Å². The zero-order chi connectivity index (χ0) is 50.0. The lowest BCUT2D eigenvalue weighted by atomic mass is 9.72. The molecule has 0 amide bonds. The van der Waals surface area contributed by atoms with Gasteiger partial charge in [0.15, 0.2) is 18.2 Å². The summed E-state index contributed by atoms with van der Waals surface area (Å²) in [5, 5.41) is 39.1. The van der Waals surface area contributed by atoms with Crippen molar-refractivity contribution >= 4 is 18.3 Å². The van der Waals surface area contributed by atoms with Crippen LogP contribution in [0.15, 0.2) is 42.0 Å². The molecule has 1 aromatic carbocycles. The highest BCUT2D eigenvalue weighted by Crippen LogP contribution is 2.45. The quantitative estimate of drug-likeness (QED) is 0.0821. The number of methoxy groups -OCH3 is 1. The molecule has 0 aliphatic carbocycles. The maximum absolute atomic E-state index is 14.7. The lowest BCUT2D eigenvalue weighted by molar-refractivity contribution is -0.874. The van der Waals surface area contributed by atoms with E-state index in [9.17, 15) is 29.8 Å². The van der Waals surface area contributed by atoms with Gasteiger partial charge in [-0.1, -0.05) is 58.0 Å². The van der Waals surface area contributed by atoms with Gasteiger partial charge in [0.25, 0.3) is 0 Å². The highest BCUT2D eigenvalue weighted by atomic mass is 16.8. The lowest BCUT2D eigenvalue weighted by Gasteiger charge is -2.54. The number of benzene rings is 1. The van der Waals surface area contributed by atoms with Gasteiger partial charge in [-0.25, -0.2) is 9.59 Å². The van der Waals surface area contributed by atoms with E-state index < -0.39 is 137 Å². The van der Waals surface area contributed by atoms with Gasteiger partial charge < -0.3 is 72.2 Å². The second-order valence-corrected chi connectivity index (χ2v) is 20.6. The molecule has 2 bridgehead atoms. The fraction of sp³-hybridized carbons (Fsp3) is 0.776.